The average Bonchev–Trinajstić information content (AvgIpc) is 3.35. The lowest BCUT2D eigenvalue weighted by atomic mass is 10.0. The molecule has 0 bridgehead atoms. The van der Waals surface area contributed by atoms with Crippen LogP contribution >= 0.6 is 0 Å². The highest BCUT2D eigenvalue weighted by Gasteiger charge is 2.12. The van der Waals surface area contributed by atoms with Gasteiger partial charge in [0.05, 0.1) is 11.0 Å². The van der Waals surface area contributed by atoms with Crippen molar-refractivity contribution in [3.8, 4) is 11.1 Å². The summed E-state index contributed by atoms with van der Waals surface area (Å²) >= 11 is 0. The summed E-state index contributed by atoms with van der Waals surface area (Å²) in [6.45, 7) is 4.70. The molecule has 1 saturated heterocycles. The van der Waals surface area contributed by atoms with Crippen molar-refractivity contribution >= 4 is 21.9 Å². The summed E-state index contributed by atoms with van der Waals surface area (Å²) in [5, 5.41) is 1.30. The quantitative estimate of drug-likeness (QED) is 0.553. The Kier molecular flexibility index (Phi) is 3.91. The Hall–Kier alpha value is -2.72. The molecule has 1 fully saturated rings. The monoisotopic (exact) mass is 342 g/mol. The molecule has 0 N–H and O–H groups in total. The van der Waals surface area contributed by atoms with E-state index in [1.54, 1.807) is 12.4 Å². The highest BCUT2D eigenvalue weighted by molar-refractivity contribution is 5.97. The predicted octanol–water partition coefficient (Wildman–Crippen LogP) is 4.35. The van der Waals surface area contributed by atoms with Gasteiger partial charge < -0.3 is 9.47 Å². The molecule has 1 aliphatic rings. The zero-order valence-corrected chi connectivity index (χ0v) is 14.8. The van der Waals surface area contributed by atoms with E-state index >= 15 is 0 Å². The van der Waals surface area contributed by atoms with Crippen molar-refractivity contribution in [1.29, 1.82) is 0 Å². The summed E-state index contributed by atoms with van der Waals surface area (Å²) in [5.41, 5.74) is 5.64. The molecule has 4 heteroatoms. The summed E-state index contributed by atoms with van der Waals surface area (Å²) in [7, 11) is 0. The van der Waals surface area contributed by atoms with E-state index in [0.717, 1.165) is 24.1 Å². The maximum absolute atomic E-state index is 4.45. The largest absolute Gasteiger partial charge is 0.346 e. The number of nitrogens with zero attached hydrogens (tertiary/aromatic N) is 4. The number of likely N-dealkylation sites (tertiary alicyclic amines) is 1. The second-order valence-corrected chi connectivity index (χ2v) is 7.06. The molecule has 0 unspecified atom stereocenters. The lowest BCUT2D eigenvalue weighted by Gasteiger charge is -2.15. The third-order valence-electron chi connectivity index (χ3n) is 5.45. The van der Waals surface area contributed by atoms with Gasteiger partial charge in [-0.2, -0.15) is 0 Å². The molecular formula is C22H22N4. The van der Waals surface area contributed by atoms with Gasteiger partial charge in [-0.3, -0.25) is 9.97 Å². The Morgan fingerprint density at radius 3 is 2.58 bits per heavy atom. The summed E-state index contributed by atoms with van der Waals surface area (Å²) in [5.74, 6) is 0. The van der Waals surface area contributed by atoms with Crippen molar-refractivity contribution in [2.24, 2.45) is 0 Å². The van der Waals surface area contributed by atoms with E-state index in [0.29, 0.717) is 0 Å². The SMILES string of the molecule is c1cc(-c2ccc3nccnc3c2)c2ccn(CCN3CCCC3)c2c1. The first-order valence-corrected chi connectivity index (χ1v) is 9.40. The van der Waals surface area contributed by atoms with E-state index in [-0.39, 0.29) is 0 Å². The molecule has 4 nitrogen and oxygen atoms in total. The van der Waals surface area contributed by atoms with Crippen LogP contribution in [0.25, 0.3) is 33.1 Å². The van der Waals surface area contributed by atoms with Crippen LogP contribution in [0, 0.1) is 0 Å². The number of hydrogen-bond donors (Lipinski definition) is 0. The number of fused-ring (bicyclic) bond motifs is 2. The van der Waals surface area contributed by atoms with Crippen LogP contribution in [0.15, 0.2) is 61.1 Å². The third kappa shape index (κ3) is 2.76. The smallest absolute Gasteiger partial charge is 0.0892 e. The first-order chi connectivity index (χ1) is 12.9. The van der Waals surface area contributed by atoms with Gasteiger partial charge in [-0.05, 0) is 61.3 Å². The molecule has 0 saturated carbocycles. The van der Waals surface area contributed by atoms with Crippen LogP contribution in [0.3, 0.4) is 0 Å². The molecule has 0 aliphatic carbocycles. The summed E-state index contributed by atoms with van der Waals surface area (Å²) in [6.07, 6.45) is 8.42. The molecule has 5 rings (SSSR count). The molecule has 26 heavy (non-hydrogen) atoms. The molecule has 4 aromatic rings. The van der Waals surface area contributed by atoms with Gasteiger partial charge in [0.2, 0.25) is 0 Å². The zero-order valence-electron chi connectivity index (χ0n) is 14.8. The lowest BCUT2D eigenvalue weighted by molar-refractivity contribution is 0.324. The van der Waals surface area contributed by atoms with Crippen molar-refractivity contribution in [3.05, 3.63) is 61.1 Å². The Bertz CT molecular complexity index is 1060. The van der Waals surface area contributed by atoms with Crippen LogP contribution in [-0.4, -0.2) is 39.1 Å². The molecule has 2 aromatic carbocycles. The molecule has 0 radical (unpaired) electrons. The zero-order chi connectivity index (χ0) is 17.3. The summed E-state index contributed by atoms with van der Waals surface area (Å²) in [4.78, 5) is 11.4. The number of rotatable bonds is 4. The van der Waals surface area contributed by atoms with E-state index in [1.807, 2.05) is 0 Å². The minimum absolute atomic E-state index is 0.937. The molecule has 2 aromatic heterocycles. The number of hydrogen-bond acceptors (Lipinski definition) is 3. The Morgan fingerprint density at radius 2 is 1.69 bits per heavy atom. The van der Waals surface area contributed by atoms with Crippen LogP contribution in [-0.2, 0) is 6.54 Å². The van der Waals surface area contributed by atoms with Crippen molar-refractivity contribution in [2.75, 3.05) is 19.6 Å². The Balaban J connectivity index is 1.51. The van der Waals surface area contributed by atoms with Gasteiger partial charge in [0.1, 0.15) is 0 Å². The minimum atomic E-state index is 0.937. The second-order valence-electron chi connectivity index (χ2n) is 7.06. The van der Waals surface area contributed by atoms with Gasteiger partial charge >= 0.3 is 0 Å². The van der Waals surface area contributed by atoms with E-state index < -0.39 is 0 Å². The Morgan fingerprint density at radius 1 is 0.846 bits per heavy atom. The minimum Gasteiger partial charge on any atom is -0.346 e. The average molecular weight is 342 g/mol. The van der Waals surface area contributed by atoms with E-state index in [4.69, 9.17) is 0 Å². The summed E-state index contributed by atoms with van der Waals surface area (Å²) in [6, 6.07) is 15.2. The molecular weight excluding hydrogens is 320 g/mol. The molecule has 130 valence electrons. The number of benzene rings is 2. The maximum Gasteiger partial charge on any atom is 0.0892 e. The number of aromatic nitrogens is 3. The normalized spacial score (nSPS) is 15.2. The third-order valence-corrected chi connectivity index (χ3v) is 5.45. The van der Waals surface area contributed by atoms with Crippen LogP contribution in [0.2, 0.25) is 0 Å². The Labute approximate surface area is 153 Å². The fraction of sp³-hybridized carbons (Fsp3) is 0.273. The fourth-order valence-electron chi connectivity index (χ4n) is 4.06. The van der Waals surface area contributed by atoms with E-state index in [2.05, 4.69) is 68.1 Å². The maximum atomic E-state index is 4.45. The second kappa shape index (κ2) is 6.54. The van der Waals surface area contributed by atoms with Crippen LogP contribution in [0.4, 0.5) is 0 Å². The molecule has 0 amide bonds. The molecule has 0 spiro atoms. The topological polar surface area (TPSA) is 34.0 Å². The molecule has 3 heterocycles. The van der Waals surface area contributed by atoms with E-state index in [9.17, 15) is 0 Å². The first-order valence-electron chi connectivity index (χ1n) is 9.40. The highest BCUT2D eigenvalue weighted by atomic mass is 15.2. The van der Waals surface area contributed by atoms with Gasteiger partial charge in [0.25, 0.3) is 0 Å². The standard InChI is InChI=1S/C22H22N4/c1-2-12-25(11-1)14-15-26-13-8-19-18(4-3-5-22(19)26)17-6-7-20-21(16-17)24-10-9-23-20/h3-10,13,16H,1-2,11-12,14-15H2. The van der Waals surface area contributed by atoms with Crippen molar-refractivity contribution in [2.45, 2.75) is 19.4 Å². The van der Waals surface area contributed by atoms with Crippen LogP contribution in [0.1, 0.15) is 12.8 Å². The molecule has 1 aliphatic heterocycles. The molecule has 0 atom stereocenters. The van der Waals surface area contributed by atoms with Gasteiger partial charge in [0.15, 0.2) is 0 Å². The van der Waals surface area contributed by atoms with Crippen LogP contribution in [0.5, 0.6) is 0 Å². The lowest BCUT2D eigenvalue weighted by Crippen LogP contribution is -2.23. The highest BCUT2D eigenvalue weighted by Crippen LogP contribution is 2.30. The summed E-state index contributed by atoms with van der Waals surface area (Å²) < 4.78 is 2.39. The first kappa shape index (κ1) is 15.5. The van der Waals surface area contributed by atoms with Gasteiger partial charge in [-0.15, -0.1) is 0 Å². The predicted molar refractivity (Wildman–Crippen MR) is 106 cm³/mol. The van der Waals surface area contributed by atoms with Crippen LogP contribution < -0.4 is 0 Å². The van der Waals surface area contributed by atoms with Crippen molar-refractivity contribution < 1.29 is 0 Å². The van der Waals surface area contributed by atoms with Gasteiger partial charge in [0, 0.05) is 42.6 Å². The van der Waals surface area contributed by atoms with E-state index in [1.165, 1.54) is 48.0 Å². The van der Waals surface area contributed by atoms with Crippen molar-refractivity contribution in [1.82, 2.24) is 19.4 Å². The van der Waals surface area contributed by atoms with Gasteiger partial charge in [-0.25, -0.2) is 0 Å². The van der Waals surface area contributed by atoms with Gasteiger partial charge in [-0.1, -0.05) is 18.2 Å². The van der Waals surface area contributed by atoms with Crippen molar-refractivity contribution in [3.63, 3.8) is 0 Å². The fourth-order valence-corrected chi connectivity index (χ4v) is 4.06.